The topological polar surface area (TPSA) is 117 Å². The van der Waals surface area contributed by atoms with Crippen LogP contribution in [0.5, 0.6) is 0 Å². The summed E-state index contributed by atoms with van der Waals surface area (Å²) in [5, 5.41) is 17.2. The number of amides is 1. The predicted octanol–water partition coefficient (Wildman–Crippen LogP) is 4.34. The first-order chi connectivity index (χ1) is 20.3. The summed E-state index contributed by atoms with van der Waals surface area (Å²) in [4.78, 5) is 34.1. The maximum absolute atomic E-state index is 14.1. The van der Waals surface area contributed by atoms with Gasteiger partial charge in [0.15, 0.2) is 11.0 Å². The van der Waals surface area contributed by atoms with Crippen LogP contribution in [0, 0.1) is 0 Å². The van der Waals surface area contributed by atoms with E-state index < -0.39 is 6.04 Å². The lowest BCUT2D eigenvalue weighted by molar-refractivity contribution is -0.136. The molecule has 0 unspecified atom stereocenters. The minimum Gasteiger partial charge on any atom is -0.332 e. The molecule has 4 heterocycles. The second-order valence-corrected chi connectivity index (χ2v) is 11.2. The Labute approximate surface area is 251 Å². The van der Waals surface area contributed by atoms with Gasteiger partial charge in [0.1, 0.15) is 11.9 Å². The molecule has 42 heavy (non-hydrogen) atoms. The van der Waals surface area contributed by atoms with Gasteiger partial charge in [-0.2, -0.15) is 0 Å². The van der Waals surface area contributed by atoms with Crippen LogP contribution in [0.15, 0.2) is 71.9 Å². The molecule has 0 bridgehead atoms. The Bertz CT molecular complexity index is 1810. The van der Waals surface area contributed by atoms with Crippen molar-refractivity contribution in [2.24, 2.45) is 0 Å². The molecular formula is C29H27Cl2N9O2. The van der Waals surface area contributed by atoms with Gasteiger partial charge in [0.05, 0.1) is 30.5 Å². The molecule has 1 aliphatic rings. The van der Waals surface area contributed by atoms with Gasteiger partial charge in [-0.3, -0.25) is 14.2 Å². The van der Waals surface area contributed by atoms with E-state index in [1.54, 1.807) is 29.3 Å². The summed E-state index contributed by atoms with van der Waals surface area (Å²) in [5.41, 5.74) is 2.08. The van der Waals surface area contributed by atoms with Gasteiger partial charge in [-0.1, -0.05) is 72.6 Å². The number of fused-ring (bicyclic) bond motifs is 1. The average Bonchev–Trinajstić information content (AvgIpc) is 3.62. The number of carbonyl (C=O) groups excluding carboxylic acids is 1. The standard InChI is InChI=1S/C29H27Cl2N9O2/c1-18(2)28-35-34-26-16-37(10-11-38(26)28)29(42)24(12-19-6-4-3-5-7-19)39-17-32-22(14-27(39)41)21-13-20(30)8-9-23(21)40-15-25(31)33-36-40/h3-9,13-15,17-18,24H,10-12,16H2,1-2H3/t24-/m0/s1. The van der Waals surface area contributed by atoms with Gasteiger partial charge in [-0.15, -0.1) is 15.3 Å². The molecule has 0 radical (unpaired) electrons. The number of aromatic nitrogens is 8. The van der Waals surface area contributed by atoms with Gasteiger partial charge < -0.3 is 9.47 Å². The molecule has 0 N–H and O–H groups in total. The van der Waals surface area contributed by atoms with Crippen molar-refractivity contribution >= 4 is 29.1 Å². The molecule has 2 aromatic carbocycles. The fourth-order valence-electron chi connectivity index (χ4n) is 5.21. The summed E-state index contributed by atoms with van der Waals surface area (Å²) in [7, 11) is 0. The maximum atomic E-state index is 14.1. The highest BCUT2D eigenvalue weighted by Gasteiger charge is 2.32. The van der Waals surface area contributed by atoms with E-state index >= 15 is 0 Å². The van der Waals surface area contributed by atoms with Crippen LogP contribution in [0.3, 0.4) is 0 Å². The average molecular weight is 605 g/mol. The third-order valence-electron chi connectivity index (χ3n) is 7.29. The molecule has 0 fully saturated rings. The number of nitrogens with zero attached hydrogens (tertiary/aromatic N) is 9. The second kappa shape index (κ2) is 11.5. The SMILES string of the molecule is CC(C)c1nnc2n1CCN(C(=O)[C@H](Cc1ccccc1)n1cnc(-c3cc(Cl)ccc3-n3cc(Cl)nn3)cc1=O)C2. The van der Waals surface area contributed by atoms with E-state index in [1.165, 1.54) is 21.6 Å². The Morgan fingerprint density at radius 1 is 1.00 bits per heavy atom. The fraction of sp³-hybridized carbons (Fsp3) is 0.276. The Hall–Kier alpha value is -4.35. The van der Waals surface area contributed by atoms with Crippen molar-refractivity contribution in [1.82, 2.24) is 44.2 Å². The lowest BCUT2D eigenvalue weighted by Gasteiger charge is -2.32. The van der Waals surface area contributed by atoms with Crippen molar-refractivity contribution in [3.05, 3.63) is 105 Å². The number of halogens is 2. The smallest absolute Gasteiger partial charge is 0.254 e. The monoisotopic (exact) mass is 603 g/mol. The molecule has 11 nitrogen and oxygen atoms in total. The first kappa shape index (κ1) is 27.8. The molecule has 0 saturated heterocycles. The van der Waals surface area contributed by atoms with Crippen LogP contribution in [0.4, 0.5) is 0 Å². The zero-order chi connectivity index (χ0) is 29.4. The molecule has 13 heteroatoms. The van der Waals surface area contributed by atoms with Crippen molar-refractivity contribution in [2.45, 2.75) is 45.3 Å². The van der Waals surface area contributed by atoms with E-state index in [0.29, 0.717) is 48.0 Å². The van der Waals surface area contributed by atoms with Gasteiger partial charge in [0.2, 0.25) is 5.91 Å². The Morgan fingerprint density at radius 2 is 1.81 bits per heavy atom. The van der Waals surface area contributed by atoms with Crippen LogP contribution < -0.4 is 5.56 Å². The highest BCUT2D eigenvalue weighted by molar-refractivity contribution is 6.31. The number of benzene rings is 2. The third kappa shape index (κ3) is 5.45. The molecule has 1 aliphatic heterocycles. The highest BCUT2D eigenvalue weighted by atomic mass is 35.5. The summed E-state index contributed by atoms with van der Waals surface area (Å²) in [6.07, 6.45) is 3.29. The molecular weight excluding hydrogens is 577 g/mol. The van der Waals surface area contributed by atoms with Crippen molar-refractivity contribution < 1.29 is 4.79 Å². The van der Waals surface area contributed by atoms with E-state index in [2.05, 4.69) is 43.9 Å². The van der Waals surface area contributed by atoms with Gasteiger partial charge >= 0.3 is 0 Å². The predicted molar refractivity (Wildman–Crippen MR) is 158 cm³/mol. The lowest BCUT2D eigenvalue weighted by atomic mass is 10.0. The van der Waals surface area contributed by atoms with E-state index in [9.17, 15) is 9.59 Å². The minimum atomic E-state index is -0.812. The van der Waals surface area contributed by atoms with Crippen LogP contribution in [0.25, 0.3) is 16.9 Å². The zero-order valence-electron chi connectivity index (χ0n) is 22.9. The van der Waals surface area contributed by atoms with Crippen LogP contribution >= 0.6 is 23.2 Å². The molecule has 1 atom stereocenters. The second-order valence-electron chi connectivity index (χ2n) is 10.4. The molecule has 5 aromatic rings. The lowest BCUT2D eigenvalue weighted by Crippen LogP contribution is -2.45. The van der Waals surface area contributed by atoms with Gasteiger partial charge in [-0.05, 0) is 23.8 Å². The normalized spacial score (nSPS) is 13.8. The van der Waals surface area contributed by atoms with Crippen LogP contribution in [-0.4, -0.2) is 56.7 Å². The molecule has 0 spiro atoms. The highest BCUT2D eigenvalue weighted by Crippen LogP contribution is 2.29. The van der Waals surface area contributed by atoms with Crippen molar-refractivity contribution in [1.29, 1.82) is 0 Å². The molecule has 0 aliphatic carbocycles. The molecule has 6 rings (SSSR count). The summed E-state index contributed by atoms with van der Waals surface area (Å²) < 4.78 is 4.96. The molecule has 1 amide bonds. The minimum absolute atomic E-state index is 0.184. The first-order valence-electron chi connectivity index (χ1n) is 13.5. The number of hydrogen-bond acceptors (Lipinski definition) is 7. The number of rotatable bonds is 7. The van der Waals surface area contributed by atoms with E-state index in [1.807, 2.05) is 30.3 Å². The largest absolute Gasteiger partial charge is 0.332 e. The van der Waals surface area contributed by atoms with Gasteiger partial charge in [0, 0.05) is 42.1 Å². The van der Waals surface area contributed by atoms with E-state index in [-0.39, 0.29) is 22.5 Å². The quantitative estimate of drug-likeness (QED) is 0.271. The van der Waals surface area contributed by atoms with Gasteiger partial charge in [0.25, 0.3) is 5.56 Å². The van der Waals surface area contributed by atoms with E-state index in [4.69, 9.17) is 23.2 Å². The Morgan fingerprint density at radius 3 is 2.52 bits per heavy atom. The maximum Gasteiger partial charge on any atom is 0.254 e. The molecule has 0 saturated carbocycles. The van der Waals surface area contributed by atoms with Crippen molar-refractivity contribution in [3.63, 3.8) is 0 Å². The Balaban J connectivity index is 1.36. The van der Waals surface area contributed by atoms with Gasteiger partial charge in [-0.25, -0.2) is 9.67 Å². The molecule has 214 valence electrons. The number of hydrogen-bond donors (Lipinski definition) is 0. The fourth-order valence-corrected chi connectivity index (χ4v) is 5.51. The first-order valence-corrected chi connectivity index (χ1v) is 14.2. The summed E-state index contributed by atoms with van der Waals surface area (Å²) in [6.45, 7) is 5.54. The third-order valence-corrected chi connectivity index (χ3v) is 7.69. The zero-order valence-corrected chi connectivity index (χ0v) is 24.4. The van der Waals surface area contributed by atoms with E-state index in [0.717, 1.165) is 17.2 Å². The summed E-state index contributed by atoms with van der Waals surface area (Å²) in [5.74, 6) is 1.68. The molecule has 3 aromatic heterocycles. The van der Waals surface area contributed by atoms with Crippen molar-refractivity contribution in [3.8, 4) is 16.9 Å². The summed E-state index contributed by atoms with van der Waals surface area (Å²) >= 11 is 12.3. The van der Waals surface area contributed by atoms with Crippen LogP contribution in [0.1, 0.15) is 43.0 Å². The Kier molecular flexibility index (Phi) is 7.61. The van der Waals surface area contributed by atoms with Crippen LogP contribution in [0.2, 0.25) is 10.2 Å². The number of carbonyl (C=O) groups is 1. The van der Waals surface area contributed by atoms with Crippen LogP contribution in [-0.2, 0) is 24.3 Å². The van der Waals surface area contributed by atoms with Crippen molar-refractivity contribution in [2.75, 3.05) is 6.54 Å². The summed E-state index contributed by atoms with van der Waals surface area (Å²) in [6, 6.07) is 15.4.